The van der Waals surface area contributed by atoms with Crippen LogP contribution in [0, 0.1) is 5.92 Å². The zero-order chi connectivity index (χ0) is 23.8. The molecule has 1 aromatic heterocycles. The molecule has 0 aromatic carbocycles. The van der Waals surface area contributed by atoms with E-state index >= 15 is 0 Å². The summed E-state index contributed by atoms with van der Waals surface area (Å²) in [5.74, 6) is 0.00182. The number of methoxy groups -OCH3 is 1. The third kappa shape index (κ3) is 6.90. The van der Waals surface area contributed by atoms with Crippen molar-refractivity contribution in [3.05, 3.63) is 23.9 Å². The predicted molar refractivity (Wildman–Crippen MR) is 123 cm³/mol. The van der Waals surface area contributed by atoms with Gasteiger partial charge < -0.3 is 23.8 Å². The fourth-order valence-corrected chi connectivity index (χ4v) is 4.87. The highest BCUT2D eigenvalue weighted by molar-refractivity contribution is 5.81. The Kier molecular flexibility index (Phi) is 9.09. The molecule has 3 atom stereocenters. The number of rotatable bonds is 12. The number of carbonyl (C=O) groups is 2. The highest BCUT2D eigenvalue weighted by Gasteiger charge is 2.39. The smallest absolute Gasteiger partial charge is 0.306 e. The Balaban J connectivity index is 1.54. The molecule has 2 saturated heterocycles. The second kappa shape index (κ2) is 11.8. The number of carbonyl (C=O) groups excluding carboxylic acids is 2. The van der Waals surface area contributed by atoms with Crippen molar-refractivity contribution in [1.29, 1.82) is 0 Å². The Morgan fingerprint density at radius 1 is 1.33 bits per heavy atom. The van der Waals surface area contributed by atoms with Gasteiger partial charge in [-0.2, -0.15) is 0 Å². The van der Waals surface area contributed by atoms with Crippen LogP contribution in [0.2, 0.25) is 0 Å². The Morgan fingerprint density at radius 2 is 2.09 bits per heavy atom. The van der Waals surface area contributed by atoms with Crippen molar-refractivity contribution < 1.29 is 28.5 Å². The van der Waals surface area contributed by atoms with E-state index in [2.05, 4.69) is 11.9 Å². The first-order chi connectivity index (χ1) is 15.8. The van der Waals surface area contributed by atoms with E-state index in [1.165, 1.54) is 0 Å². The zero-order valence-corrected chi connectivity index (χ0v) is 20.4. The SMILES string of the molecule is CCOC(=O)CC(CCCN1C(=O)C(CCC2(C)OCCO2)CC1C)c1ccc(OC)nc1. The van der Waals surface area contributed by atoms with Gasteiger partial charge >= 0.3 is 5.97 Å². The molecule has 184 valence electrons. The molecular formula is C25H38N2O6. The lowest BCUT2D eigenvalue weighted by Crippen LogP contribution is -2.34. The first kappa shape index (κ1) is 25.4. The van der Waals surface area contributed by atoms with Gasteiger partial charge in [0.2, 0.25) is 11.8 Å². The van der Waals surface area contributed by atoms with Crippen molar-refractivity contribution in [1.82, 2.24) is 9.88 Å². The Labute approximate surface area is 196 Å². The van der Waals surface area contributed by atoms with E-state index in [0.29, 0.717) is 38.7 Å². The molecule has 3 unspecified atom stereocenters. The number of esters is 1. The highest BCUT2D eigenvalue weighted by atomic mass is 16.7. The van der Waals surface area contributed by atoms with Crippen LogP contribution in [-0.4, -0.2) is 67.1 Å². The Morgan fingerprint density at radius 3 is 2.73 bits per heavy atom. The molecule has 2 aliphatic heterocycles. The summed E-state index contributed by atoms with van der Waals surface area (Å²) in [4.78, 5) is 31.5. The van der Waals surface area contributed by atoms with Gasteiger partial charge in [0.1, 0.15) is 0 Å². The summed E-state index contributed by atoms with van der Waals surface area (Å²) in [5.41, 5.74) is 0.979. The van der Waals surface area contributed by atoms with Crippen molar-refractivity contribution >= 4 is 11.9 Å². The molecule has 2 fully saturated rings. The fraction of sp³-hybridized carbons (Fsp3) is 0.720. The first-order valence-electron chi connectivity index (χ1n) is 12.1. The van der Waals surface area contributed by atoms with Gasteiger partial charge in [0.05, 0.1) is 33.4 Å². The summed E-state index contributed by atoms with van der Waals surface area (Å²) in [6.45, 7) is 8.17. The molecule has 0 spiro atoms. The maximum absolute atomic E-state index is 13.1. The molecule has 33 heavy (non-hydrogen) atoms. The van der Waals surface area contributed by atoms with Gasteiger partial charge in [0.25, 0.3) is 0 Å². The van der Waals surface area contributed by atoms with Crippen LogP contribution in [0.25, 0.3) is 0 Å². The highest BCUT2D eigenvalue weighted by Crippen LogP contribution is 2.34. The number of amides is 1. The van der Waals surface area contributed by atoms with Crippen LogP contribution in [0.5, 0.6) is 5.88 Å². The van der Waals surface area contributed by atoms with Gasteiger partial charge in [0.15, 0.2) is 5.79 Å². The number of hydrogen-bond donors (Lipinski definition) is 0. The first-order valence-corrected chi connectivity index (χ1v) is 12.1. The van der Waals surface area contributed by atoms with Gasteiger partial charge in [-0.15, -0.1) is 0 Å². The minimum Gasteiger partial charge on any atom is -0.481 e. The molecular weight excluding hydrogens is 424 g/mol. The number of aromatic nitrogens is 1. The minimum absolute atomic E-state index is 0.0112. The van der Waals surface area contributed by atoms with E-state index in [1.807, 2.05) is 30.9 Å². The minimum atomic E-state index is -0.552. The third-order valence-electron chi connectivity index (χ3n) is 6.74. The largest absolute Gasteiger partial charge is 0.481 e. The molecule has 1 aromatic rings. The summed E-state index contributed by atoms with van der Waals surface area (Å²) in [5, 5.41) is 0. The van der Waals surface area contributed by atoms with Crippen LogP contribution < -0.4 is 4.74 Å². The lowest BCUT2D eigenvalue weighted by Gasteiger charge is -2.24. The molecule has 0 saturated carbocycles. The lowest BCUT2D eigenvalue weighted by atomic mass is 9.92. The van der Waals surface area contributed by atoms with Crippen LogP contribution >= 0.6 is 0 Å². The van der Waals surface area contributed by atoms with E-state index in [-0.39, 0.29) is 29.8 Å². The molecule has 8 heteroatoms. The Bertz CT molecular complexity index is 778. The number of ether oxygens (including phenoxy) is 4. The summed E-state index contributed by atoms with van der Waals surface area (Å²) in [7, 11) is 1.58. The molecule has 0 radical (unpaired) electrons. The van der Waals surface area contributed by atoms with Gasteiger partial charge in [-0.25, -0.2) is 4.98 Å². The van der Waals surface area contributed by atoms with Gasteiger partial charge in [-0.1, -0.05) is 6.07 Å². The van der Waals surface area contributed by atoms with Crippen LogP contribution in [0.15, 0.2) is 18.3 Å². The van der Waals surface area contributed by atoms with Crippen molar-refractivity contribution in [2.24, 2.45) is 5.92 Å². The lowest BCUT2D eigenvalue weighted by molar-refractivity contribution is -0.151. The van der Waals surface area contributed by atoms with Crippen molar-refractivity contribution in [2.75, 3.05) is 33.5 Å². The van der Waals surface area contributed by atoms with E-state index < -0.39 is 5.79 Å². The molecule has 1 amide bonds. The quantitative estimate of drug-likeness (QED) is 0.438. The second-order valence-electron chi connectivity index (χ2n) is 9.16. The topological polar surface area (TPSA) is 87.2 Å². The van der Waals surface area contributed by atoms with E-state index in [9.17, 15) is 9.59 Å². The average molecular weight is 463 g/mol. The second-order valence-corrected chi connectivity index (χ2v) is 9.16. The standard InChI is InChI=1S/C25H38N2O6/c1-5-31-23(28)16-19(21-8-9-22(30-4)26-17-21)7-6-12-27-18(2)15-20(24(27)29)10-11-25(3)32-13-14-33-25/h8-9,17-20H,5-7,10-16H2,1-4H3. The summed E-state index contributed by atoms with van der Waals surface area (Å²) in [6, 6.07) is 3.97. The maximum Gasteiger partial charge on any atom is 0.306 e. The molecule has 0 aliphatic carbocycles. The fourth-order valence-electron chi connectivity index (χ4n) is 4.87. The van der Waals surface area contributed by atoms with Gasteiger partial charge in [0, 0.05) is 37.2 Å². The third-order valence-corrected chi connectivity index (χ3v) is 6.74. The van der Waals surface area contributed by atoms with E-state index in [0.717, 1.165) is 37.7 Å². The number of likely N-dealkylation sites (tertiary alicyclic amines) is 1. The number of hydrogen-bond acceptors (Lipinski definition) is 7. The summed E-state index contributed by atoms with van der Waals surface area (Å²) in [6.07, 6.45) is 6.01. The normalized spacial score (nSPS) is 23.0. The average Bonchev–Trinajstić information content (AvgIpc) is 3.35. The van der Waals surface area contributed by atoms with Crippen molar-refractivity contribution in [3.8, 4) is 5.88 Å². The summed E-state index contributed by atoms with van der Waals surface area (Å²) >= 11 is 0. The van der Waals surface area contributed by atoms with Crippen molar-refractivity contribution in [3.63, 3.8) is 0 Å². The molecule has 3 rings (SSSR count). The monoisotopic (exact) mass is 462 g/mol. The van der Waals surface area contributed by atoms with Crippen LogP contribution in [-0.2, 0) is 23.8 Å². The Hall–Kier alpha value is -2.19. The maximum atomic E-state index is 13.1. The predicted octanol–water partition coefficient (Wildman–Crippen LogP) is 3.69. The number of pyridine rings is 1. The summed E-state index contributed by atoms with van der Waals surface area (Å²) < 4.78 is 21.7. The number of nitrogens with zero attached hydrogens (tertiary/aromatic N) is 2. The van der Waals surface area contributed by atoms with Gasteiger partial charge in [-0.3, -0.25) is 9.59 Å². The van der Waals surface area contributed by atoms with Crippen LogP contribution in [0.3, 0.4) is 0 Å². The molecule has 0 bridgehead atoms. The van der Waals surface area contributed by atoms with Crippen molar-refractivity contribution in [2.45, 2.75) is 77.0 Å². The zero-order valence-electron chi connectivity index (χ0n) is 20.4. The van der Waals surface area contributed by atoms with Crippen LogP contribution in [0.1, 0.15) is 70.8 Å². The molecule has 8 nitrogen and oxygen atoms in total. The molecule has 3 heterocycles. The van der Waals surface area contributed by atoms with E-state index in [1.54, 1.807) is 13.3 Å². The van der Waals surface area contributed by atoms with E-state index in [4.69, 9.17) is 18.9 Å². The molecule has 2 aliphatic rings. The van der Waals surface area contributed by atoms with Gasteiger partial charge in [-0.05, 0) is 57.9 Å². The van der Waals surface area contributed by atoms with Crippen LogP contribution in [0.4, 0.5) is 0 Å². The molecule has 0 N–H and O–H groups in total.